The molecular weight excluding hydrogens is 620 g/mol. The van der Waals surface area contributed by atoms with E-state index in [-0.39, 0.29) is 32.2 Å². The number of fused-ring (bicyclic) bond motifs is 3. The molecule has 1 N–H and O–H groups in total. The molecule has 9 nitrogen and oxygen atoms in total. The molecule has 2 aliphatic rings. The lowest BCUT2D eigenvalue weighted by atomic mass is 9.98. The SMILES string of the molecule is C=CCOc1ccc(C[C@H](NC(=O)OCC2c3ccccc3-c3ccccc32)C(=O)N2[C@H](C(=O)OCc3ccccc3)COC2(C)C)cc1. The number of carbonyl (C=O) groups is 3. The monoisotopic (exact) mass is 660 g/mol. The van der Waals surface area contributed by atoms with Crippen LogP contribution in [0.2, 0.25) is 0 Å². The second-order valence-corrected chi connectivity index (χ2v) is 12.5. The number of esters is 1. The van der Waals surface area contributed by atoms with E-state index in [9.17, 15) is 14.4 Å². The fourth-order valence-electron chi connectivity index (χ4n) is 6.48. The van der Waals surface area contributed by atoms with E-state index in [0.29, 0.717) is 12.4 Å². The summed E-state index contributed by atoms with van der Waals surface area (Å²) in [5.41, 5.74) is 4.83. The molecule has 4 aromatic carbocycles. The van der Waals surface area contributed by atoms with Gasteiger partial charge < -0.3 is 24.3 Å². The quantitative estimate of drug-likeness (QED) is 0.138. The maximum Gasteiger partial charge on any atom is 0.407 e. The van der Waals surface area contributed by atoms with Gasteiger partial charge in [-0.05, 0) is 59.4 Å². The van der Waals surface area contributed by atoms with Gasteiger partial charge in [0.25, 0.3) is 0 Å². The summed E-state index contributed by atoms with van der Waals surface area (Å²) in [4.78, 5) is 42.7. The van der Waals surface area contributed by atoms with Crippen LogP contribution >= 0.6 is 0 Å². The largest absolute Gasteiger partial charge is 0.490 e. The topological polar surface area (TPSA) is 103 Å². The first-order valence-electron chi connectivity index (χ1n) is 16.4. The second-order valence-electron chi connectivity index (χ2n) is 12.5. The van der Waals surface area contributed by atoms with Gasteiger partial charge in [0, 0.05) is 12.3 Å². The summed E-state index contributed by atoms with van der Waals surface area (Å²) < 4.78 is 23.0. The second kappa shape index (κ2) is 14.8. The first-order valence-corrected chi connectivity index (χ1v) is 16.4. The predicted molar refractivity (Wildman–Crippen MR) is 185 cm³/mol. The predicted octanol–water partition coefficient (Wildman–Crippen LogP) is 6.41. The third-order valence-corrected chi connectivity index (χ3v) is 8.88. The fourth-order valence-corrected chi connectivity index (χ4v) is 6.48. The average molecular weight is 661 g/mol. The third-order valence-electron chi connectivity index (χ3n) is 8.88. The van der Waals surface area contributed by atoms with Gasteiger partial charge in [-0.25, -0.2) is 9.59 Å². The molecule has 0 bridgehead atoms. The number of benzene rings is 4. The van der Waals surface area contributed by atoms with Crippen LogP contribution in [0.4, 0.5) is 4.79 Å². The number of alkyl carbamates (subject to hydrolysis) is 1. The average Bonchev–Trinajstić information content (AvgIpc) is 3.62. The number of nitrogens with one attached hydrogen (secondary N) is 1. The highest BCUT2D eigenvalue weighted by Crippen LogP contribution is 2.44. The van der Waals surface area contributed by atoms with E-state index in [1.54, 1.807) is 32.1 Å². The van der Waals surface area contributed by atoms with Crippen molar-refractivity contribution in [2.45, 2.75) is 50.6 Å². The van der Waals surface area contributed by atoms with Crippen LogP contribution in [0.15, 0.2) is 116 Å². The van der Waals surface area contributed by atoms with Crippen molar-refractivity contribution in [3.05, 3.63) is 138 Å². The van der Waals surface area contributed by atoms with Crippen LogP contribution in [-0.2, 0) is 36.8 Å². The van der Waals surface area contributed by atoms with Crippen molar-refractivity contribution < 1.29 is 33.3 Å². The van der Waals surface area contributed by atoms with Crippen molar-refractivity contribution in [3.8, 4) is 16.9 Å². The Balaban J connectivity index is 1.20. The van der Waals surface area contributed by atoms with Crippen LogP contribution in [-0.4, -0.2) is 60.5 Å². The summed E-state index contributed by atoms with van der Waals surface area (Å²) >= 11 is 0. The summed E-state index contributed by atoms with van der Waals surface area (Å²) in [5.74, 6) is -0.590. The highest BCUT2D eigenvalue weighted by molar-refractivity contribution is 5.91. The molecule has 0 spiro atoms. The summed E-state index contributed by atoms with van der Waals surface area (Å²) in [6.45, 7) is 7.56. The molecular formula is C40H40N2O7. The van der Waals surface area contributed by atoms with E-state index in [1.807, 2.05) is 78.9 Å². The van der Waals surface area contributed by atoms with Gasteiger partial charge >= 0.3 is 12.1 Å². The van der Waals surface area contributed by atoms with Gasteiger partial charge in [-0.2, -0.15) is 0 Å². The smallest absolute Gasteiger partial charge is 0.407 e. The maximum absolute atomic E-state index is 14.4. The molecule has 1 heterocycles. The van der Waals surface area contributed by atoms with E-state index in [2.05, 4.69) is 24.0 Å². The summed E-state index contributed by atoms with van der Waals surface area (Å²) in [7, 11) is 0. The van der Waals surface area contributed by atoms with Gasteiger partial charge in [0.15, 0.2) is 6.04 Å². The minimum absolute atomic E-state index is 0.0423. The standard InChI is InChI=1S/C40H40N2O7/c1-4-22-46-29-20-18-27(19-21-29)23-35(37(43)42-36(26-49-40(42,2)3)38(44)47-24-28-12-6-5-7-13-28)41-39(45)48-25-34-32-16-10-8-14-30(32)31-15-9-11-17-33(31)34/h4-21,34-36H,1,22-26H2,2-3H3,(H,41,45)/t35-,36-/m0/s1. The molecule has 49 heavy (non-hydrogen) atoms. The Kier molecular flexibility index (Phi) is 10.1. The Bertz CT molecular complexity index is 1760. The Hall–Kier alpha value is -5.41. The van der Waals surface area contributed by atoms with E-state index < -0.39 is 35.8 Å². The normalized spacial score (nSPS) is 16.6. The van der Waals surface area contributed by atoms with E-state index in [4.69, 9.17) is 18.9 Å². The van der Waals surface area contributed by atoms with E-state index >= 15 is 0 Å². The van der Waals surface area contributed by atoms with Crippen molar-refractivity contribution >= 4 is 18.0 Å². The number of carbonyl (C=O) groups excluding carboxylic acids is 3. The highest BCUT2D eigenvalue weighted by Gasteiger charge is 2.49. The number of ether oxygens (including phenoxy) is 4. The van der Waals surface area contributed by atoms with Gasteiger partial charge in [0.2, 0.25) is 5.91 Å². The molecule has 0 aromatic heterocycles. The van der Waals surface area contributed by atoms with Crippen LogP contribution in [0.1, 0.15) is 42.0 Å². The van der Waals surface area contributed by atoms with Crippen LogP contribution in [0.25, 0.3) is 11.1 Å². The van der Waals surface area contributed by atoms with Crippen LogP contribution in [0, 0.1) is 0 Å². The van der Waals surface area contributed by atoms with Crippen LogP contribution < -0.4 is 10.1 Å². The first kappa shape index (κ1) is 33.5. The van der Waals surface area contributed by atoms with Gasteiger partial charge in [-0.15, -0.1) is 0 Å². The zero-order valence-corrected chi connectivity index (χ0v) is 27.7. The van der Waals surface area contributed by atoms with Gasteiger partial charge in [0.05, 0.1) is 6.61 Å². The summed E-state index contributed by atoms with van der Waals surface area (Å²) in [6.07, 6.45) is 1.04. The molecule has 2 atom stereocenters. The van der Waals surface area contributed by atoms with Crippen LogP contribution in [0.5, 0.6) is 5.75 Å². The Morgan fingerprint density at radius 3 is 2.16 bits per heavy atom. The number of nitrogens with zero attached hydrogens (tertiary/aromatic N) is 1. The first-order chi connectivity index (χ1) is 23.7. The molecule has 0 radical (unpaired) electrons. The summed E-state index contributed by atoms with van der Waals surface area (Å²) in [5, 5.41) is 2.81. The molecule has 1 aliphatic heterocycles. The van der Waals surface area contributed by atoms with Crippen LogP contribution in [0.3, 0.4) is 0 Å². The van der Waals surface area contributed by atoms with E-state index in [1.165, 1.54) is 4.90 Å². The zero-order valence-electron chi connectivity index (χ0n) is 27.7. The maximum atomic E-state index is 14.4. The van der Waals surface area contributed by atoms with Gasteiger partial charge in [0.1, 0.15) is 37.3 Å². The minimum atomic E-state index is -1.14. The van der Waals surface area contributed by atoms with Crippen molar-refractivity contribution in [2.75, 3.05) is 19.8 Å². The highest BCUT2D eigenvalue weighted by atomic mass is 16.6. The van der Waals surface area contributed by atoms with Crippen molar-refractivity contribution in [3.63, 3.8) is 0 Å². The minimum Gasteiger partial charge on any atom is -0.490 e. The fraction of sp³-hybridized carbons (Fsp3) is 0.275. The number of hydrogen-bond donors (Lipinski definition) is 1. The lowest BCUT2D eigenvalue weighted by molar-refractivity contribution is -0.160. The Morgan fingerprint density at radius 2 is 1.51 bits per heavy atom. The number of amides is 2. The van der Waals surface area contributed by atoms with E-state index in [0.717, 1.165) is 33.4 Å². The molecule has 1 saturated heterocycles. The lowest BCUT2D eigenvalue weighted by Crippen LogP contribution is -2.58. The molecule has 0 saturated carbocycles. The molecule has 9 heteroatoms. The molecule has 6 rings (SSSR count). The molecule has 1 aliphatic carbocycles. The Labute approximate surface area is 286 Å². The molecule has 4 aromatic rings. The number of rotatable bonds is 12. The van der Waals surface area contributed by atoms with Crippen molar-refractivity contribution in [1.29, 1.82) is 0 Å². The Morgan fingerprint density at radius 1 is 0.878 bits per heavy atom. The molecule has 1 fully saturated rings. The third kappa shape index (κ3) is 7.52. The van der Waals surface area contributed by atoms with Gasteiger partial charge in [-0.3, -0.25) is 9.69 Å². The molecule has 2 amide bonds. The summed E-state index contributed by atoms with van der Waals surface area (Å²) in [6, 6.07) is 30.6. The molecule has 0 unspecified atom stereocenters. The molecule has 252 valence electrons. The van der Waals surface area contributed by atoms with Crippen molar-refractivity contribution in [1.82, 2.24) is 10.2 Å². The van der Waals surface area contributed by atoms with Gasteiger partial charge in [-0.1, -0.05) is 104 Å². The zero-order chi connectivity index (χ0) is 34.4. The van der Waals surface area contributed by atoms with Crippen molar-refractivity contribution in [2.24, 2.45) is 0 Å². The number of hydrogen-bond acceptors (Lipinski definition) is 7. The lowest BCUT2D eigenvalue weighted by Gasteiger charge is -2.35.